The van der Waals surface area contributed by atoms with Crippen molar-refractivity contribution in [3.8, 4) is 0 Å². The second-order valence-corrected chi connectivity index (χ2v) is 3.24. The number of aliphatic carboxylic acids is 1. The summed E-state index contributed by atoms with van der Waals surface area (Å²) in [7, 11) is 0. The molecule has 1 saturated heterocycles. The van der Waals surface area contributed by atoms with E-state index in [2.05, 4.69) is 12.2 Å². The highest BCUT2D eigenvalue weighted by Crippen LogP contribution is 2.19. The molecule has 1 aliphatic heterocycles. The summed E-state index contributed by atoms with van der Waals surface area (Å²) in [5.41, 5.74) is 0. The van der Waals surface area contributed by atoms with E-state index < -0.39 is 5.97 Å². The van der Waals surface area contributed by atoms with Gasteiger partial charge in [-0.05, 0) is 32.2 Å². The summed E-state index contributed by atoms with van der Waals surface area (Å²) in [6.45, 7) is 3.10. The van der Waals surface area contributed by atoms with Gasteiger partial charge < -0.3 is 10.4 Å². The molecule has 3 nitrogen and oxygen atoms in total. The molecule has 0 saturated carbocycles. The number of piperidine rings is 1. The number of hydrogen-bond acceptors (Lipinski definition) is 2. The standard InChI is InChI=1S/C8H15NO2/c1-6-7(5-8(10)11)3-2-4-9-6/h6-7,9H,2-5H2,1H3,(H,10,11). The van der Waals surface area contributed by atoms with Gasteiger partial charge in [0.15, 0.2) is 0 Å². The summed E-state index contributed by atoms with van der Waals surface area (Å²) in [6.07, 6.45) is 2.48. The predicted octanol–water partition coefficient (Wildman–Crippen LogP) is 0.849. The maximum atomic E-state index is 10.4. The van der Waals surface area contributed by atoms with Gasteiger partial charge >= 0.3 is 5.97 Å². The number of hydrogen-bond donors (Lipinski definition) is 2. The van der Waals surface area contributed by atoms with E-state index in [0.717, 1.165) is 19.4 Å². The average Bonchev–Trinajstić information content (AvgIpc) is 1.93. The Hall–Kier alpha value is -0.570. The highest BCUT2D eigenvalue weighted by Gasteiger charge is 2.22. The smallest absolute Gasteiger partial charge is 0.303 e. The van der Waals surface area contributed by atoms with Gasteiger partial charge in [-0.1, -0.05) is 0 Å². The van der Waals surface area contributed by atoms with Gasteiger partial charge in [0.25, 0.3) is 0 Å². The Kier molecular flexibility index (Phi) is 2.88. The van der Waals surface area contributed by atoms with Crippen LogP contribution in [0.4, 0.5) is 0 Å². The van der Waals surface area contributed by atoms with Gasteiger partial charge in [0.1, 0.15) is 0 Å². The van der Waals surface area contributed by atoms with E-state index in [1.54, 1.807) is 0 Å². The molecule has 64 valence electrons. The topological polar surface area (TPSA) is 49.3 Å². The van der Waals surface area contributed by atoms with E-state index in [9.17, 15) is 4.79 Å². The van der Waals surface area contributed by atoms with Crippen LogP contribution in [0.5, 0.6) is 0 Å². The van der Waals surface area contributed by atoms with Crippen LogP contribution in [0.3, 0.4) is 0 Å². The van der Waals surface area contributed by atoms with Gasteiger partial charge in [0.05, 0.1) is 0 Å². The van der Waals surface area contributed by atoms with Crippen LogP contribution in [-0.2, 0) is 4.79 Å². The minimum Gasteiger partial charge on any atom is -0.481 e. The van der Waals surface area contributed by atoms with Crippen LogP contribution >= 0.6 is 0 Å². The van der Waals surface area contributed by atoms with Crippen molar-refractivity contribution in [1.82, 2.24) is 5.32 Å². The predicted molar refractivity (Wildman–Crippen MR) is 42.4 cm³/mol. The molecule has 0 amide bonds. The van der Waals surface area contributed by atoms with Crippen LogP contribution in [0.1, 0.15) is 26.2 Å². The van der Waals surface area contributed by atoms with Crippen LogP contribution in [0, 0.1) is 5.92 Å². The third-order valence-corrected chi connectivity index (χ3v) is 2.36. The van der Waals surface area contributed by atoms with Crippen LogP contribution in [0.25, 0.3) is 0 Å². The number of carboxylic acid groups (broad SMARTS) is 1. The van der Waals surface area contributed by atoms with E-state index in [-0.39, 0.29) is 0 Å². The molecule has 11 heavy (non-hydrogen) atoms. The van der Waals surface area contributed by atoms with Gasteiger partial charge in [0.2, 0.25) is 0 Å². The lowest BCUT2D eigenvalue weighted by molar-refractivity contribution is -0.138. The molecule has 2 N–H and O–H groups in total. The van der Waals surface area contributed by atoms with E-state index in [0.29, 0.717) is 18.4 Å². The maximum Gasteiger partial charge on any atom is 0.303 e. The zero-order chi connectivity index (χ0) is 8.27. The zero-order valence-electron chi connectivity index (χ0n) is 6.84. The van der Waals surface area contributed by atoms with Crippen molar-refractivity contribution in [2.75, 3.05) is 6.54 Å². The van der Waals surface area contributed by atoms with E-state index in [4.69, 9.17) is 5.11 Å². The monoisotopic (exact) mass is 157 g/mol. The van der Waals surface area contributed by atoms with Crippen LogP contribution < -0.4 is 5.32 Å². The minimum absolute atomic E-state index is 0.314. The van der Waals surface area contributed by atoms with Gasteiger partial charge in [-0.3, -0.25) is 4.79 Å². The zero-order valence-corrected chi connectivity index (χ0v) is 6.84. The van der Waals surface area contributed by atoms with Gasteiger partial charge in [0, 0.05) is 12.5 Å². The molecule has 2 atom stereocenters. The Morgan fingerprint density at radius 3 is 3.00 bits per heavy atom. The van der Waals surface area contributed by atoms with Crippen LogP contribution in [0.2, 0.25) is 0 Å². The fourth-order valence-electron chi connectivity index (χ4n) is 1.61. The molecule has 0 spiro atoms. The Morgan fingerprint density at radius 2 is 2.45 bits per heavy atom. The highest BCUT2D eigenvalue weighted by atomic mass is 16.4. The number of nitrogens with one attached hydrogen (secondary N) is 1. The Morgan fingerprint density at radius 1 is 1.73 bits per heavy atom. The van der Waals surface area contributed by atoms with Crippen molar-refractivity contribution >= 4 is 5.97 Å². The molecular weight excluding hydrogens is 142 g/mol. The lowest BCUT2D eigenvalue weighted by Crippen LogP contribution is -2.39. The first-order valence-corrected chi connectivity index (χ1v) is 4.15. The number of carbonyl (C=O) groups is 1. The van der Waals surface area contributed by atoms with Crippen molar-refractivity contribution in [3.63, 3.8) is 0 Å². The first kappa shape index (κ1) is 8.53. The quantitative estimate of drug-likeness (QED) is 0.624. The molecule has 3 heteroatoms. The molecular formula is C8H15NO2. The summed E-state index contributed by atoms with van der Waals surface area (Å²) in [5.74, 6) is -0.341. The van der Waals surface area contributed by atoms with Crippen LogP contribution in [0.15, 0.2) is 0 Å². The van der Waals surface area contributed by atoms with E-state index in [1.165, 1.54) is 0 Å². The first-order chi connectivity index (χ1) is 5.20. The molecule has 0 aliphatic carbocycles. The SMILES string of the molecule is CC1NCCCC1CC(=O)O. The summed E-state index contributed by atoms with van der Waals surface area (Å²) in [6, 6.07) is 0.375. The Labute approximate surface area is 66.8 Å². The minimum atomic E-state index is -0.675. The first-order valence-electron chi connectivity index (χ1n) is 4.15. The molecule has 2 unspecified atom stereocenters. The molecule has 0 aromatic carbocycles. The molecule has 1 aliphatic rings. The maximum absolute atomic E-state index is 10.4. The summed E-state index contributed by atoms with van der Waals surface area (Å²) >= 11 is 0. The normalized spacial score (nSPS) is 31.7. The summed E-state index contributed by atoms with van der Waals surface area (Å²) < 4.78 is 0. The molecule has 0 aromatic heterocycles. The van der Waals surface area contributed by atoms with Crippen molar-refractivity contribution in [2.24, 2.45) is 5.92 Å². The van der Waals surface area contributed by atoms with Gasteiger partial charge in [-0.2, -0.15) is 0 Å². The lowest BCUT2D eigenvalue weighted by Gasteiger charge is -2.28. The molecule has 1 fully saturated rings. The van der Waals surface area contributed by atoms with Gasteiger partial charge in [-0.15, -0.1) is 0 Å². The molecule has 1 rings (SSSR count). The van der Waals surface area contributed by atoms with Crippen molar-refractivity contribution in [3.05, 3.63) is 0 Å². The fraction of sp³-hybridized carbons (Fsp3) is 0.875. The largest absolute Gasteiger partial charge is 0.481 e. The molecule has 0 aromatic rings. The second kappa shape index (κ2) is 3.72. The van der Waals surface area contributed by atoms with Crippen LogP contribution in [-0.4, -0.2) is 23.7 Å². The number of carboxylic acids is 1. The summed E-state index contributed by atoms with van der Waals surface area (Å²) in [4.78, 5) is 10.4. The van der Waals surface area contributed by atoms with E-state index >= 15 is 0 Å². The second-order valence-electron chi connectivity index (χ2n) is 3.24. The Balaban J connectivity index is 2.35. The fourth-order valence-corrected chi connectivity index (χ4v) is 1.61. The van der Waals surface area contributed by atoms with Crippen molar-refractivity contribution < 1.29 is 9.90 Å². The van der Waals surface area contributed by atoms with Crippen molar-refractivity contribution in [2.45, 2.75) is 32.2 Å². The lowest BCUT2D eigenvalue weighted by atomic mass is 9.89. The molecule has 1 heterocycles. The Bertz CT molecular complexity index is 147. The number of rotatable bonds is 2. The summed E-state index contributed by atoms with van der Waals surface area (Å²) in [5, 5.41) is 11.8. The highest BCUT2D eigenvalue weighted by molar-refractivity contribution is 5.67. The average molecular weight is 157 g/mol. The van der Waals surface area contributed by atoms with E-state index in [1.807, 2.05) is 0 Å². The third kappa shape index (κ3) is 2.50. The third-order valence-electron chi connectivity index (χ3n) is 2.36. The molecule has 0 bridgehead atoms. The molecule has 0 radical (unpaired) electrons. The van der Waals surface area contributed by atoms with Crippen molar-refractivity contribution in [1.29, 1.82) is 0 Å². The van der Waals surface area contributed by atoms with Gasteiger partial charge in [-0.25, -0.2) is 0 Å².